The molecule has 2 heterocycles. The molecule has 2 aromatic heterocycles. The van der Waals surface area contributed by atoms with Crippen LogP contribution < -0.4 is 10.1 Å². The second-order valence-corrected chi connectivity index (χ2v) is 6.65. The Morgan fingerprint density at radius 2 is 2.04 bits per heavy atom. The number of hydrogen-bond acceptors (Lipinski definition) is 5. The maximum absolute atomic E-state index is 12.0. The van der Waals surface area contributed by atoms with E-state index in [0.29, 0.717) is 10.0 Å². The second-order valence-electron chi connectivity index (χ2n) is 4.84. The summed E-state index contributed by atoms with van der Waals surface area (Å²) in [6.45, 7) is 2.80. The number of hydrogen-bond donors (Lipinski definition) is 1. The summed E-state index contributed by atoms with van der Waals surface area (Å²) >= 11 is 2.83. The highest BCUT2D eigenvalue weighted by Crippen LogP contribution is 2.27. The molecule has 118 valence electrons. The van der Waals surface area contributed by atoms with Crippen LogP contribution in [0.2, 0.25) is 0 Å². The predicted molar refractivity (Wildman–Crippen MR) is 95.6 cm³/mol. The Hall–Kier alpha value is -2.18. The van der Waals surface area contributed by atoms with Gasteiger partial charge in [-0.15, -0.1) is 22.7 Å². The van der Waals surface area contributed by atoms with Gasteiger partial charge in [-0.05, 0) is 42.1 Å². The lowest BCUT2D eigenvalue weighted by atomic mass is 10.2. The second kappa shape index (κ2) is 7.39. The van der Waals surface area contributed by atoms with Gasteiger partial charge in [-0.3, -0.25) is 10.1 Å². The number of amides is 1. The molecule has 3 aromatic rings. The molecule has 0 spiro atoms. The summed E-state index contributed by atoms with van der Waals surface area (Å²) < 4.78 is 5.57. The standard InChI is InChI=1S/C17H16N2O2S2/c1-2-9-21-13-7-5-12(6-8-13)14-11-23-17(18-14)19-16(20)15-4-3-10-22-15/h3-8,10-11H,2,9H2,1H3,(H,18,19,20). The maximum Gasteiger partial charge on any atom is 0.267 e. The van der Waals surface area contributed by atoms with Gasteiger partial charge in [-0.1, -0.05) is 13.0 Å². The van der Waals surface area contributed by atoms with E-state index in [1.165, 1.54) is 22.7 Å². The molecule has 1 amide bonds. The van der Waals surface area contributed by atoms with Gasteiger partial charge in [-0.2, -0.15) is 0 Å². The van der Waals surface area contributed by atoms with E-state index in [4.69, 9.17) is 4.74 Å². The molecule has 0 unspecified atom stereocenters. The summed E-state index contributed by atoms with van der Waals surface area (Å²) in [4.78, 5) is 17.2. The lowest BCUT2D eigenvalue weighted by Gasteiger charge is -2.04. The third-order valence-electron chi connectivity index (χ3n) is 3.09. The van der Waals surface area contributed by atoms with Crippen molar-refractivity contribution >= 4 is 33.7 Å². The third kappa shape index (κ3) is 3.97. The smallest absolute Gasteiger partial charge is 0.267 e. The summed E-state index contributed by atoms with van der Waals surface area (Å²) in [6.07, 6.45) is 0.987. The Balaban J connectivity index is 1.68. The van der Waals surface area contributed by atoms with Gasteiger partial charge in [0.15, 0.2) is 5.13 Å². The van der Waals surface area contributed by atoms with Gasteiger partial charge in [-0.25, -0.2) is 4.98 Å². The van der Waals surface area contributed by atoms with Crippen molar-refractivity contribution < 1.29 is 9.53 Å². The van der Waals surface area contributed by atoms with Crippen LogP contribution in [0.4, 0.5) is 5.13 Å². The van der Waals surface area contributed by atoms with Gasteiger partial charge in [0, 0.05) is 10.9 Å². The summed E-state index contributed by atoms with van der Waals surface area (Å²) in [5.74, 6) is 0.737. The van der Waals surface area contributed by atoms with Gasteiger partial charge in [0.05, 0.1) is 17.2 Å². The van der Waals surface area contributed by atoms with Crippen molar-refractivity contribution in [2.75, 3.05) is 11.9 Å². The van der Waals surface area contributed by atoms with Gasteiger partial charge in [0.25, 0.3) is 5.91 Å². The van der Waals surface area contributed by atoms with E-state index in [-0.39, 0.29) is 5.91 Å². The first-order valence-electron chi connectivity index (χ1n) is 7.30. The number of rotatable bonds is 6. The first-order valence-corrected chi connectivity index (χ1v) is 9.06. The molecule has 0 aliphatic carbocycles. The summed E-state index contributed by atoms with van der Waals surface area (Å²) in [5.41, 5.74) is 1.85. The van der Waals surface area contributed by atoms with E-state index in [2.05, 4.69) is 17.2 Å². The Bertz CT molecular complexity index is 764. The minimum Gasteiger partial charge on any atom is -0.494 e. The number of nitrogens with one attached hydrogen (secondary N) is 1. The average Bonchev–Trinajstić information content (AvgIpc) is 3.25. The summed E-state index contributed by atoms with van der Waals surface area (Å²) in [6, 6.07) is 11.5. The molecular formula is C17H16N2O2S2. The number of benzene rings is 1. The van der Waals surface area contributed by atoms with Gasteiger partial charge in [0.1, 0.15) is 5.75 Å². The minimum absolute atomic E-state index is 0.121. The number of thiazole rings is 1. The molecule has 0 bridgehead atoms. The van der Waals surface area contributed by atoms with E-state index in [1.807, 2.05) is 41.1 Å². The normalized spacial score (nSPS) is 10.5. The van der Waals surface area contributed by atoms with Gasteiger partial charge in [0.2, 0.25) is 0 Å². The first kappa shape index (κ1) is 15.7. The van der Waals surface area contributed by atoms with E-state index in [1.54, 1.807) is 6.07 Å². The monoisotopic (exact) mass is 344 g/mol. The number of ether oxygens (including phenoxy) is 1. The molecule has 0 saturated heterocycles. The van der Waals surface area contributed by atoms with Crippen LogP contribution in [0, 0.1) is 0 Å². The molecule has 6 heteroatoms. The van der Waals surface area contributed by atoms with Crippen LogP contribution in [0.3, 0.4) is 0 Å². The quantitative estimate of drug-likeness (QED) is 0.691. The number of anilines is 1. The molecule has 23 heavy (non-hydrogen) atoms. The van der Waals surface area contributed by atoms with Crippen molar-refractivity contribution in [2.45, 2.75) is 13.3 Å². The van der Waals surface area contributed by atoms with Crippen LogP contribution in [-0.4, -0.2) is 17.5 Å². The number of carbonyl (C=O) groups is 1. The van der Waals surface area contributed by atoms with Crippen LogP contribution in [0.25, 0.3) is 11.3 Å². The van der Waals surface area contributed by atoms with Gasteiger partial charge >= 0.3 is 0 Å². The Kier molecular flexibility index (Phi) is 5.05. The fraction of sp³-hybridized carbons (Fsp3) is 0.176. The Morgan fingerprint density at radius 1 is 1.22 bits per heavy atom. The van der Waals surface area contributed by atoms with Crippen LogP contribution in [0.5, 0.6) is 5.75 Å². The lowest BCUT2D eigenvalue weighted by Crippen LogP contribution is -2.09. The molecule has 0 fully saturated rings. The maximum atomic E-state index is 12.0. The lowest BCUT2D eigenvalue weighted by molar-refractivity contribution is 0.103. The van der Waals surface area contributed by atoms with Crippen LogP contribution in [0.1, 0.15) is 23.0 Å². The topological polar surface area (TPSA) is 51.2 Å². The van der Waals surface area contributed by atoms with E-state index in [9.17, 15) is 4.79 Å². The molecule has 3 rings (SSSR count). The zero-order valence-corrected chi connectivity index (χ0v) is 14.2. The highest BCUT2D eigenvalue weighted by molar-refractivity contribution is 7.14. The third-order valence-corrected chi connectivity index (χ3v) is 4.72. The molecule has 1 N–H and O–H groups in total. The number of thiophene rings is 1. The summed E-state index contributed by atoms with van der Waals surface area (Å²) in [7, 11) is 0. The van der Waals surface area contributed by atoms with Crippen LogP contribution >= 0.6 is 22.7 Å². The highest BCUT2D eigenvalue weighted by atomic mass is 32.1. The average molecular weight is 344 g/mol. The first-order chi connectivity index (χ1) is 11.3. The van der Waals surface area contributed by atoms with Crippen molar-refractivity contribution in [3.63, 3.8) is 0 Å². The zero-order valence-electron chi connectivity index (χ0n) is 12.6. The zero-order chi connectivity index (χ0) is 16.1. The highest BCUT2D eigenvalue weighted by Gasteiger charge is 2.10. The van der Waals surface area contributed by atoms with E-state index in [0.717, 1.165) is 30.0 Å². The van der Waals surface area contributed by atoms with Crippen LogP contribution in [0.15, 0.2) is 47.2 Å². The van der Waals surface area contributed by atoms with E-state index >= 15 is 0 Å². The van der Waals surface area contributed by atoms with Gasteiger partial charge < -0.3 is 4.74 Å². The Labute approximate surface area is 142 Å². The molecule has 0 atom stereocenters. The molecule has 1 aromatic carbocycles. The predicted octanol–water partition coefficient (Wildman–Crippen LogP) is 4.91. The largest absolute Gasteiger partial charge is 0.494 e. The molecule has 0 aliphatic rings. The molecule has 0 radical (unpaired) electrons. The number of nitrogens with zero attached hydrogens (tertiary/aromatic N) is 1. The van der Waals surface area contributed by atoms with Crippen molar-refractivity contribution in [3.05, 3.63) is 52.0 Å². The van der Waals surface area contributed by atoms with Crippen LogP contribution in [-0.2, 0) is 0 Å². The molecule has 4 nitrogen and oxygen atoms in total. The molecule has 0 saturated carbocycles. The molecular weight excluding hydrogens is 328 g/mol. The van der Waals surface area contributed by atoms with Crippen molar-refractivity contribution in [1.29, 1.82) is 0 Å². The number of carbonyl (C=O) groups excluding carboxylic acids is 1. The SMILES string of the molecule is CCCOc1ccc(-c2csc(NC(=O)c3cccs3)n2)cc1. The fourth-order valence-corrected chi connectivity index (χ4v) is 3.31. The molecule has 0 aliphatic heterocycles. The van der Waals surface area contributed by atoms with Crippen molar-refractivity contribution in [1.82, 2.24) is 4.98 Å². The van der Waals surface area contributed by atoms with E-state index < -0.39 is 0 Å². The van der Waals surface area contributed by atoms with Crippen molar-refractivity contribution in [2.24, 2.45) is 0 Å². The summed E-state index contributed by atoms with van der Waals surface area (Å²) in [5, 5.41) is 7.25. The minimum atomic E-state index is -0.121. The van der Waals surface area contributed by atoms with Crippen molar-refractivity contribution in [3.8, 4) is 17.0 Å². The Morgan fingerprint density at radius 3 is 2.74 bits per heavy atom. The fourth-order valence-electron chi connectivity index (χ4n) is 1.97. The number of aromatic nitrogens is 1.